The minimum Gasteiger partial charge on any atom is -0.496 e. The van der Waals surface area contributed by atoms with Crippen molar-refractivity contribution in [1.29, 1.82) is 0 Å². The van der Waals surface area contributed by atoms with E-state index in [4.69, 9.17) is 4.74 Å². The highest BCUT2D eigenvalue weighted by atomic mass is 16.5. The van der Waals surface area contributed by atoms with Crippen molar-refractivity contribution in [3.8, 4) is 5.75 Å². The van der Waals surface area contributed by atoms with Gasteiger partial charge in [-0.05, 0) is 54.2 Å². The van der Waals surface area contributed by atoms with Crippen LogP contribution < -0.4 is 10.1 Å². The summed E-state index contributed by atoms with van der Waals surface area (Å²) < 4.78 is 5.36. The van der Waals surface area contributed by atoms with E-state index < -0.39 is 0 Å². The number of hydrogen-bond acceptors (Lipinski definition) is 4. The number of Topliss-reactive ketones (excluding diaryl/α,β-unsaturated/α-hetero) is 1. The molecule has 0 aliphatic heterocycles. The fraction of sp³-hybridized carbons (Fsp3) is 0.423. The number of aryl methyl sites for hydroxylation is 1. The van der Waals surface area contributed by atoms with E-state index in [1.807, 2.05) is 50.2 Å². The van der Waals surface area contributed by atoms with Crippen LogP contribution in [0.2, 0.25) is 0 Å². The number of carbonyl (C=O) groups excluding carboxylic acids is 2. The predicted molar refractivity (Wildman–Crippen MR) is 127 cm³/mol. The molecule has 1 N–H and O–H groups in total. The zero-order valence-corrected chi connectivity index (χ0v) is 19.3. The highest BCUT2D eigenvalue weighted by Crippen LogP contribution is 2.21. The van der Waals surface area contributed by atoms with Crippen molar-refractivity contribution < 1.29 is 14.3 Å². The molecular formula is C26H34N2O3. The average Bonchev–Trinajstić information content (AvgIpc) is 2.77. The second-order valence-corrected chi connectivity index (χ2v) is 7.96. The van der Waals surface area contributed by atoms with E-state index in [1.165, 1.54) is 0 Å². The van der Waals surface area contributed by atoms with Crippen LogP contribution in [0.4, 0.5) is 5.69 Å². The topological polar surface area (TPSA) is 67.8 Å². The summed E-state index contributed by atoms with van der Waals surface area (Å²) in [6, 6.07) is 13.7. The lowest BCUT2D eigenvalue weighted by Gasteiger charge is -2.10. The standard InChI is InChI=1S/C26H34N2O3/c1-6-20-16-19(10-15-25(20)31-5)17-23(29)8-7-9-24(27-4)21-11-13-22(14-12-21)28-26(30)18(2)3/h10-16,18H,6-9,17H2,1-5H3,(H,28,30). The molecule has 1 amide bonds. The van der Waals surface area contributed by atoms with Crippen molar-refractivity contribution in [3.05, 3.63) is 59.2 Å². The van der Waals surface area contributed by atoms with Gasteiger partial charge in [0.05, 0.1) is 7.11 Å². The van der Waals surface area contributed by atoms with Crippen LogP contribution in [0.15, 0.2) is 47.5 Å². The quantitative estimate of drug-likeness (QED) is 0.503. The van der Waals surface area contributed by atoms with Crippen LogP contribution in [-0.2, 0) is 22.4 Å². The van der Waals surface area contributed by atoms with Gasteiger partial charge in [-0.15, -0.1) is 0 Å². The van der Waals surface area contributed by atoms with Crippen molar-refractivity contribution in [2.75, 3.05) is 19.5 Å². The number of aliphatic imine (C=N–C) groups is 1. The van der Waals surface area contributed by atoms with E-state index in [9.17, 15) is 9.59 Å². The average molecular weight is 423 g/mol. The number of nitrogens with one attached hydrogen (secondary N) is 1. The SMILES string of the molecule is CCc1cc(CC(=O)CCCC(=NC)c2ccc(NC(=O)C(C)C)cc2)ccc1OC. The molecule has 2 rings (SSSR count). The lowest BCUT2D eigenvalue weighted by atomic mass is 9.99. The molecule has 2 aromatic carbocycles. The Hall–Kier alpha value is -2.95. The van der Waals surface area contributed by atoms with Crippen molar-refractivity contribution in [2.24, 2.45) is 10.9 Å². The summed E-state index contributed by atoms with van der Waals surface area (Å²) in [5.41, 5.74) is 4.92. The van der Waals surface area contributed by atoms with E-state index in [1.54, 1.807) is 14.2 Å². The number of ketones is 1. The van der Waals surface area contributed by atoms with Gasteiger partial charge >= 0.3 is 0 Å². The Bertz CT molecular complexity index is 915. The minimum atomic E-state index is -0.0588. The molecule has 166 valence electrons. The van der Waals surface area contributed by atoms with Gasteiger partial charge in [-0.25, -0.2) is 0 Å². The van der Waals surface area contributed by atoms with Gasteiger partial charge in [0, 0.05) is 37.2 Å². The molecule has 0 spiro atoms. The molecule has 0 atom stereocenters. The van der Waals surface area contributed by atoms with Crippen LogP contribution in [-0.4, -0.2) is 31.6 Å². The number of nitrogens with zero attached hydrogens (tertiary/aromatic N) is 1. The molecule has 0 aliphatic carbocycles. The van der Waals surface area contributed by atoms with Gasteiger partial charge in [0.15, 0.2) is 0 Å². The number of ether oxygens (including phenoxy) is 1. The third-order valence-electron chi connectivity index (χ3n) is 5.28. The van der Waals surface area contributed by atoms with Gasteiger partial charge in [0.2, 0.25) is 5.91 Å². The molecule has 0 aromatic heterocycles. The molecule has 0 radical (unpaired) electrons. The van der Waals surface area contributed by atoms with Crippen LogP contribution in [0.1, 0.15) is 56.7 Å². The smallest absolute Gasteiger partial charge is 0.226 e. The summed E-state index contributed by atoms with van der Waals surface area (Å²) in [4.78, 5) is 28.7. The molecule has 5 nitrogen and oxygen atoms in total. The minimum absolute atomic E-state index is 0.00133. The van der Waals surface area contributed by atoms with Crippen LogP contribution >= 0.6 is 0 Å². The van der Waals surface area contributed by atoms with Gasteiger partial charge in [-0.2, -0.15) is 0 Å². The van der Waals surface area contributed by atoms with Crippen LogP contribution in [0.5, 0.6) is 5.75 Å². The number of anilines is 1. The van der Waals surface area contributed by atoms with E-state index in [0.29, 0.717) is 12.8 Å². The van der Waals surface area contributed by atoms with Gasteiger partial charge in [0.25, 0.3) is 0 Å². The van der Waals surface area contributed by atoms with E-state index in [2.05, 4.69) is 23.3 Å². The molecule has 0 saturated heterocycles. The molecule has 0 unspecified atom stereocenters. The van der Waals surface area contributed by atoms with E-state index >= 15 is 0 Å². The summed E-state index contributed by atoms with van der Waals surface area (Å²) >= 11 is 0. The largest absolute Gasteiger partial charge is 0.496 e. The van der Waals surface area contributed by atoms with Gasteiger partial charge in [-0.3, -0.25) is 14.6 Å². The summed E-state index contributed by atoms with van der Waals surface area (Å²) in [5, 5.41) is 2.89. The molecule has 0 heterocycles. The second-order valence-electron chi connectivity index (χ2n) is 7.96. The molecule has 2 aromatic rings. The lowest BCUT2D eigenvalue weighted by Crippen LogP contribution is -2.17. The Kier molecular flexibility index (Phi) is 9.44. The first-order chi connectivity index (χ1) is 14.9. The normalized spacial score (nSPS) is 11.5. The summed E-state index contributed by atoms with van der Waals surface area (Å²) in [6.45, 7) is 5.81. The number of amides is 1. The third kappa shape index (κ3) is 7.35. The highest BCUT2D eigenvalue weighted by Gasteiger charge is 2.10. The maximum atomic E-state index is 12.5. The van der Waals surface area contributed by atoms with E-state index in [0.717, 1.165) is 53.1 Å². The number of methoxy groups -OCH3 is 1. The second kappa shape index (κ2) is 12.0. The fourth-order valence-corrected chi connectivity index (χ4v) is 3.41. The summed E-state index contributed by atoms with van der Waals surface area (Å²) in [7, 11) is 3.44. The Balaban J connectivity index is 1.87. The predicted octanol–water partition coefficient (Wildman–Crippen LogP) is 5.25. The monoisotopic (exact) mass is 422 g/mol. The van der Waals surface area contributed by atoms with Gasteiger partial charge in [-0.1, -0.05) is 45.0 Å². The Labute approximate surface area is 185 Å². The molecular weight excluding hydrogens is 388 g/mol. The van der Waals surface area contributed by atoms with Crippen molar-refractivity contribution in [2.45, 2.75) is 52.9 Å². The lowest BCUT2D eigenvalue weighted by molar-refractivity contribution is -0.119. The first-order valence-electron chi connectivity index (χ1n) is 10.9. The highest BCUT2D eigenvalue weighted by molar-refractivity contribution is 6.01. The maximum absolute atomic E-state index is 12.5. The Morgan fingerprint density at radius 3 is 2.35 bits per heavy atom. The number of hydrogen-bond donors (Lipinski definition) is 1. The van der Waals surface area contributed by atoms with Crippen molar-refractivity contribution >= 4 is 23.1 Å². The molecule has 5 heteroatoms. The first kappa shape index (κ1) is 24.3. The zero-order chi connectivity index (χ0) is 22.8. The zero-order valence-electron chi connectivity index (χ0n) is 19.3. The molecule has 0 aliphatic rings. The van der Waals surface area contributed by atoms with Crippen LogP contribution in [0.3, 0.4) is 0 Å². The summed E-state index contributed by atoms with van der Waals surface area (Å²) in [5.74, 6) is 1.04. The van der Waals surface area contributed by atoms with Crippen LogP contribution in [0.25, 0.3) is 0 Å². The molecule has 31 heavy (non-hydrogen) atoms. The van der Waals surface area contributed by atoms with Gasteiger partial charge in [0.1, 0.15) is 11.5 Å². The van der Waals surface area contributed by atoms with Crippen molar-refractivity contribution in [1.82, 2.24) is 0 Å². The van der Waals surface area contributed by atoms with Crippen LogP contribution in [0, 0.1) is 5.92 Å². The fourth-order valence-electron chi connectivity index (χ4n) is 3.41. The maximum Gasteiger partial charge on any atom is 0.226 e. The van der Waals surface area contributed by atoms with Crippen molar-refractivity contribution in [3.63, 3.8) is 0 Å². The third-order valence-corrected chi connectivity index (χ3v) is 5.28. The van der Waals surface area contributed by atoms with E-state index in [-0.39, 0.29) is 17.6 Å². The Morgan fingerprint density at radius 1 is 1.06 bits per heavy atom. The molecule has 0 fully saturated rings. The number of rotatable bonds is 11. The van der Waals surface area contributed by atoms with Gasteiger partial charge < -0.3 is 10.1 Å². The number of carbonyl (C=O) groups is 2. The first-order valence-corrected chi connectivity index (χ1v) is 10.9. The number of benzene rings is 2. The Morgan fingerprint density at radius 2 is 1.77 bits per heavy atom. The molecule has 0 bridgehead atoms. The molecule has 0 saturated carbocycles. The summed E-state index contributed by atoms with van der Waals surface area (Å²) in [6.07, 6.45) is 3.34.